The highest BCUT2D eigenvalue weighted by molar-refractivity contribution is 6.30. The second-order valence-corrected chi connectivity index (χ2v) is 7.21. The van der Waals surface area contributed by atoms with Crippen LogP contribution in [0.25, 0.3) is 0 Å². The van der Waals surface area contributed by atoms with E-state index in [1.54, 1.807) is 0 Å². The van der Waals surface area contributed by atoms with E-state index < -0.39 is 0 Å². The third-order valence-electron chi connectivity index (χ3n) is 4.94. The minimum absolute atomic E-state index is 0.135. The molecule has 5 heteroatoms. The minimum Gasteiger partial charge on any atom is -0.337 e. The molecule has 1 aromatic heterocycles. The minimum atomic E-state index is 0.135. The fourth-order valence-electron chi connectivity index (χ4n) is 3.59. The predicted molar refractivity (Wildman–Crippen MR) is 102 cm³/mol. The Morgan fingerprint density at radius 2 is 1.96 bits per heavy atom. The fraction of sp³-hybridized carbons (Fsp3) is 0.238. The van der Waals surface area contributed by atoms with E-state index in [1.165, 1.54) is 11.1 Å². The number of rotatable bonds is 3. The number of hydrogen-bond donors (Lipinski definition) is 0. The van der Waals surface area contributed by atoms with Crippen LogP contribution in [0.3, 0.4) is 0 Å². The monoisotopic (exact) mass is 365 g/mol. The molecule has 4 rings (SSSR count). The summed E-state index contributed by atoms with van der Waals surface area (Å²) in [6.07, 6.45) is 4.32. The number of carbonyl (C=O) groups is 1. The maximum absolute atomic E-state index is 12.9. The number of halogens is 1. The van der Waals surface area contributed by atoms with Crippen LogP contribution < -0.4 is 0 Å². The largest absolute Gasteiger partial charge is 0.337 e. The number of benzene rings is 2. The summed E-state index contributed by atoms with van der Waals surface area (Å²) in [5, 5.41) is 5.00. The van der Waals surface area contributed by atoms with Gasteiger partial charge in [-0.2, -0.15) is 5.10 Å². The maximum Gasteiger partial charge on any atom is 0.227 e. The molecule has 0 N–H and O–H groups in total. The summed E-state index contributed by atoms with van der Waals surface area (Å²) >= 11 is 5.94. The molecule has 0 unspecified atom stereocenters. The standard InChI is InChI=1S/C21H20ClN3O/c1-24-12-17(11-23-24)20-14-25(13-16-4-2-3-5-19(16)20)21(26)10-15-6-8-18(22)9-7-15/h2-9,11-12,20H,10,13-14H2,1H3/t20-/m1/s1. The number of fused-ring (bicyclic) bond motifs is 1. The SMILES string of the molecule is Cn1cc([C@H]2CN(C(=O)Cc3ccc(Cl)cc3)Cc3ccccc32)cn1. The number of hydrogen-bond acceptors (Lipinski definition) is 2. The van der Waals surface area contributed by atoms with Gasteiger partial charge in [0.1, 0.15) is 0 Å². The maximum atomic E-state index is 12.9. The molecule has 1 amide bonds. The van der Waals surface area contributed by atoms with Crippen molar-refractivity contribution >= 4 is 17.5 Å². The van der Waals surface area contributed by atoms with E-state index in [-0.39, 0.29) is 11.8 Å². The number of aromatic nitrogens is 2. The van der Waals surface area contributed by atoms with Crippen molar-refractivity contribution in [1.82, 2.24) is 14.7 Å². The van der Waals surface area contributed by atoms with E-state index in [0.717, 1.165) is 11.1 Å². The molecule has 0 bridgehead atoms. The molecule has 3 aromatic rings. The first kappa shape index (κ1) is 16.9. The first-order valence-corrected chi connectivity index (χ1v) is 9.06. The molecular formula is C21H20ClN3O. The van der Waals surface area contributed by atoms with Crippen LogP contribution in [0, 0.1) is 0 Å². The van der Waals surface area contributed by atoms with Crippen molar-refractivity contribution in [3.05, 3.63) is 88.2 Å². The van der Waals surface area contributed by atoms with Crippen molar-refractivity contribution in [1.29, 1.82) is 0 Å². The fourth-order valence-corrected chi connectivity index (χ4v) is 3.72. The van der Waals surface area contributed by atoms with E-state index in [9.17, 15) is 4.79 Å². The number of carbonyl (C=O) groups excluding carboxylic acids is 1. The third kappa shape index (κ3) is 3.37. The van der Waals surface area contributed by atoms with Gasteiger partial charge in [0.15, 0.2) is 0 Å². The van der Waals surface area contributed by atoms with Crippen LogP contribution in [-0.2, 0) is 24.8 Å². The summed E-state index contributed by atoms with van der Waals surface area (Å²) in [6, 6.07) is 15.9. The van der Waals surface area contributed by atoms with Crippen LogP contribution >= 0.6 is 11.6 Å². The lowest BCUT2D eigenvalue weighted by Crippen LogP contribution is -2.39. The molecule has 1 aliphatic heterocycles. The number of aryl methyl sites for hydroxylation is 1. The Kier molecular flexibility index (Phi) is 4.51. The smallest absolute Gasteiger partial charge is 0.227 e. The molecule has 0 radical (unpaired) electrons. The molecule has 2 aromatic carbocycles. The second kappa shape index (κ2) is 6.96. The van der Waals surface area contributed by atoms with Gasteiger partial charge in [-0.3, -0.25) is 9.48 Å². The molecule has 0 aliphatic carbocycles. The van der Waals surface area contributed by atoms with E-state index >= 15 is 0 Å². The Hall–Kier alpha value is -2.59. The van der Waals surface area contributed by atoms with E-state index in [2.05, 4.69) is 23.3 Å². The Balaban J connectivity index is 1.60. The summed E-state index contributed by atoms with van der Waals surface area (Å²) in [6.45, 7) is 1.33. The molecule has 0 spiro atoms. The van der Waals surface area contributed by atoms with E-state index in [4.69, 9.17) is 11.6 Å². The third-order valence-corrected chi connectivity index (χ3v) is 5.20. The van der Waals surface area contributed by atoms with Gasteiger partial charge in [-0.05, 0) is 34.4 Å². The van der Waals surface area contributed by atoms with Crippen molar-refractivity contribution in [2.24, 2.45) is 7.05 Å². The lowest BCUT2D eigenvalue weighted by molar-refractivity contribution is -0.131. The van der Waals surface area contributed by atoms with Crippen molar-refractivity contribution in [3.63, 3.8) is 0 Å². The van der Waals surface area contributed by atoms with Crippen molar-refractivity contribution in [2.75, 3.05) is 6.54 Å². The highest BCUT2D eigenvalue weighted by Crippen LogP contribution is 2.33. The summed E-state index contributed by atoms with van der Waals surface area (Å²) in [7, 11) is 1.92. The first-order valence-electron chi connectivity index (χ1n) is 8.69. The summed E-state index contributed by atoms with van der Waals surface area (Å²) in [5.74, 6) is 0.290. The number of amides is 1. The highest BCUT2D eigenvalue weighted by atomic mass is 35.5. The van der Waals surface area contributed by atoms with Gasteiger partial charge >= 0.3 is 0 Å². The zero-order chi connectivity index (χ0) is 18.1. The topological polar surface area (TPSA) is 38.1 Å². The van der Waals surface area contributed by atoms with Gasteiger partial charge in [-0.1, -0.05) is 48.0 Å². The Bertz CT molecular complexity index is 932. The zero-order valence-corrected chi connectivity index (χ0v) is 15.4. The lowest BCUT2D eigenvalue weighted by atomic mass is 9.86. The van der Waals surface area contributed by atoms with Crippen LogP contribution in [0.1, 0.15) is 28.2 Å². The van der Waals surface area contributed by atoms with Crippen LogP contribution in [0.4, 0.5) is 0 Å². The Labute approximate surface area is 158 Å². The summed E-state index contributed by atoms with van der Waals surface area (Å²) in [5.41, 5.74) is 4.62. The molecule has 0 saturated heterocycles. The predicted octanol–water partition coefficient (Wildman–Crippen LogP) is 3.79. The van der Waals surface area contributed by atoms with Gasteiger partial charge < -0.3 is 4.90 Å². The quantitative estimate of drug-likeness (QED) is 0.708. The van der Waals surface area contributed by atoms with Gasteiger partial charge in [0.2, 0.25) is 5.91 Å². The molecule has 4 nitrogen and oxygen atoms in total. The van der Waals surface area contributed by atoms with Crippen molar-refractivity contribution in [3.8, 4) is 0 Å². The van der Waals surface area contributed by atoms with Crippen LogP contribution in [0.2, 0.25) is 5.02 Å². The van der Waals surface area contributed by atoms with E-state index in [0.29, 0.717) is 24.5 Å². The molecule has 0 saturated carbocycles. The average Bonchev–Trinajstić information content (AvgIpc) is 3.09. The molecule has 132 valence electrons. The van der Waals surface area contributed by atoms with Gasteiger partial charge in [0.25, 0.3) is 0 Å². The zero-order valence-electron chi connectivity index (χ0n) is 14.6. The summed E-state index contributed by atoms with van der Waals surface area (Å²) < 4.78 is 1.81. The van der Waals surface area contributed by atoms with Crippen LogP contribution in [0.5, 0.6) is 0 Å². The van der Waals surface area contributed by atoms with Crippen molar-refractivity contribution < 1.29 is 4.79 Å². The average molecular weight is 366 g/mol. The van der Waals surface area contributed by atoms with Crippen LogP contribution in [0.15, 0.2) is 60.9 Å². The molecule has 0 fully saturated rings. The second-order valence-electron chi connectivity index (χ2n) is 6.78. The van der Waals surface area contributed by atoms with Gasteiger partial charge in [0.05, 0.1) is 12.6 Å². The Morgan fingerprint density at radius 3 is 2.69 bits per heavy atom. The lowest BCUT2D eigenvalue weighted by Gasteiger charge is -2.34. The Morgan fingerprint density at radius 1 is 1.19 bits per heavy atom. The number of nitrogens with zero attached hydrogens (tertiary/aromatic N) is 3. The highest BCUT2D eigenvalue weighted by Gasteiger charge is 2.29. The van der Waals surface area contributed by atoms with E-state index in [1.807, 2.05) is 59.4 Å². The van der Waals surface area contributed by atoms with Gasteiger partial charge in [-0.25, -0.2) is 0 Å². The van der Waals surface area contributed by atoms with Gasteiger partial charge in [-0.15, -0.1) is 0 Å². The molecular weight excluding hydrogens is 346 g/mol. The molecule has 2 heterocycles. The summed E-state index contributed by atoms with van der Waals surface area (Å²) in [4.78, 5) is 14.9. The molecule has 1 aliphatic rings. The molecule has 1 atom stereocenters. The van der Waals surface area contributed by atoms with Gasteiger partial charge in [0, 0.05) is 37.3 Å². The van der Waals surface area contributed by atoms with Crippen molar-refractivity contribution in [2.45, 2.75) is 18.9 Å². The normalized spacial score (nSPS) is 16.4. The molecule has 26 heavy (non-hydrogen) atoms. The first-order chi connectivity index (χ1) is 12.6. The van der Waals surface area contributed by atoms with Crippen LogP contribution in [-0.4, -0.2) is 27.1 Å².